The third-order valence-corrected chi connectivity index (χ3v) is 4.02. The first-order valence-electron chi connectivity index (χ1n) is 8.37. The van der Waals surface area contributed by atoms with Gasteiger partial charge >= 0.3 is 0 Å². The molecule has 0 aliphatic rings. The Labute approximate surface area is 149 Å². The van der Waals surface area contributed by atoms with Gasteiger partial charge in [0.2, 0.25) is 0 Å². The maximum atomic E-state index is 12.3. The van der Waals surface area contributed by atoms with Crippen LogP contribution < -0.4 is 5.32 Å². The Morgan fingerprint density at radius 2 is 1.92 bits per heavy atom. The summed E-state index contributed by atoms with van der Waals surface area (Å²) in [5.41, 5.74) is 3.09. The van der Waals surface area contributed by atoms with Crippen molar-refractivity contribution in [3.05, 3.63) is 72.6 Å². The lowest BCUT2D eigenvalue weighted by molar-refractivity contribution is 0.0953. The highest BCUT2D eigenvalue weighted by Crippen LogP contribution is 2.15. The summed E-state index contributed by atoms with van der Waals surface area (Å²) in [5, 5.41) is 10.5. The number of aryl methyl sites for hydroxylation is 1. The summed E-state index contributed by atoms with van der Waals surface area (Å²) in [6.45, 7) is 0.550. The van der Waals surface area contributed by atoms with E-state index in [1.165, 1.54) is 0 Å². The Hall–Kier alpha value is -3.48. The van der Waals surface area contributed by atoms with E-state index in [0.29, 0.717) is 24.4 Å². The zero-order chi connectivity index (χ0) is 17.8. The average Bonchev–Trinajstić information content (AvgIpc) is 3.34. The molecule has 0 unspecified atom stereocenters. The van der Waals surface area contributed by atoms with Crippen molar-refractivity contribution in [1.82, 2.24) is 25.1 Å². The maximum Gasteiger partial charge on any atom is 0.251 e. The zero-order valence-electron chi connectivity index (χ0n) is 14.0. The van der Waals surface area contributed by atoms with E-state index < -0.39 is 0 Å². The molecule has 0 bridgehead atoms. The molecule has 26 heavy (non-hydrogen) atoms. The number of benzene rings is 2. The third kappa shape index (κ3) is 3.46. The molecule has 4 rings (SSSR count). The number of hydrogen-bond acceptors (Lipinski definition) is 5. The fourth-order valence-corrected chi connectivity index (χ4v) is 2.71. The highest BCUT2D eigenvalue weighted by Gasteiger charge is 2.08. The molecule has 7 heteroatoms. The molecular weight excluding hydrogens is 330 g/mol. The fourth-order valence-electron chi connectivity index (χ4n) is 2.71. The molecule has 0 saturated carbocycles. The number of nitrogens with one attached hydrogen (secondary N) is 1. The van der Waals surface area contributed by atoms with Gasteiger partial charge in [0.05, 0.1) is 0 Å². The van der Waals surface area contributed by atoms with Gasteiger partial charge in [-0.1, -0.05) is 18.2 Å². The molecule has 2 aromatic carbocycles. The summed E-state index contributed by atoms with van der Waals surface area (Å²) in [6.07, 6.45) is 4.62. The molecule has 0 radical (unpaired) electrons. The highest BCUT2D eigenvalue weighted by molar-refractivity contribution is 5.94. The van der Waals surface area contributed by atoms with E-state index in [4.69, 9.17) is 4.42 Å². The van der Waals surface area contributed by atoms with Crippen molar-refractivity contribution in [2.45, 2.75) is 12.8 Å². The van der Waals surface area contributed by atoms with Gasteiger partial charge in [-0.3, -0.25) is 9.36 Å². The van der Waals surface area contributed by atoms with Crippen molar-refractivity contribution >= 4 is 17.0 Å². The van der Waals surface area contributed by atoms with Crippen molar-refractivity contribution in [1.29, 1.82) is 0 Å². The lowest BCUT2D eigenvalue weighted by Gasteiger charge is -2.06. The van der Waals surface area contributed by atoms with E-state index in [0.717, 1.165) is 23.2 Å². The Balaban J connectivity index is 1.32. The normalized spacial score (nSPS) is 10.9. The van der Waals surface area contributed by atoms with Gasteiger partial charge in [-0.05, 0) is 36.8 Å². The van der Waals surface area contributed by atoms with E-state index >= 15 is 0 Å². The van der Waals surface area contributed by atoms with Gasteiger partial charge < -0.3 is 9.73 Å². The van der Waals surface area contributed by atoms with Crippen molar-refractivity contribution in [3.63, 3.8) is 0 Å². The molecule has 0 spiro atoms. The predicted molar refractivity (Wildman–Crippen MR) is 96.0 cm³/mol. The number of aromatic nitrogens is 4. The molecule has 2 heterocycles. The van der Waals surface area contributed by atoms with E-state index in [1.54, 1.807) is 29.4 Å². The van der Waals surface area contributed by atoms with Gasteiger partial charge in [-0.2, -0.15) is 0 Å². The topological polar surface area (TPSA) is 85.8 Å². The maximum absolute atomic E-state index is 12.3. The van der Waals surface area contributed by atoms with Crippen LogP contribution in [0.25, 0.3) is 16.8 Å². The smallest absolute Gasteiger partial charge is 0.251 e. The highest BCUT2D eigenvalue weighted by atomic mass is 16.3. The van der Waals surface area contributed by atoms with Gasteiger partial charge in [0.1, 0.15) is 18.2 Å². The van der Waals surface area contributed by atoms with Crippen LogP contribution in [-0.2, 0) is 6.42 Å². The second-order valence-electron chi connectivity index (χ2n) is 5.85. The first kappa shape index (κ1) is 16.0. The van der Waals surface area contributed by atoms with Crippen molar-refractivity contribution in [3.8, 4) is 5.69 Å². The second-order valence-corrected chi connectivity index (χ2v) is 5.85. The number of carbonyl (C=O) groups excluding carboxylic acids is 1. The number of carbonyl (C=O) groups is 1. The quantitative estimate of drug-likeness (QED) is 0.542. The minimum Gasteiger partial charge on any atom is -0.441 e. The molecule has 4 aromatic rings. The predicted octanol–water partition coefficient (Wildman–Crippen LogP) is 2.77. The van der Waals surface area contributed by atoms with Gasteiger partial charge in [-0.15, -0.1) is 10.2 Å². The van der Waals surface area contributed by atoms with Crippen LogP contribution in [0.15, 0.2) is 65.6 Å². The molecular formula is C19H17N5O2. The summed E-state index contributed by atoms with van der Waals surface area (Å²) in [4.78, 5) is 16.8. The molecule has 1 N–H and O–H groups in total. The summed E-state index contributed by atoms with van der Waals surface area (Å²) >= 11 is 0. The van der Waals surface area contributed by atoms with Crippen LogP contribution in [0, 0.1) is 0 Å². The standard InChI is InChI=1S/C19H17N5O2/c25-19(14-5-3-6-15(11-14)24-12-21-22-13-24)20-10-4-9-18-23-16-7-1-2-8-17(16)26-18/h1-3,5-8,11-13H,4,9-10H2,(H,20,25). The number of amides is 1. The summed E-state index contributed by atoms with van der Waals surface area (Å²) in [7, 11) is 0. The average molecular weight is 347 g/mol. The second kappa shape index (κ2) is 7.18. The molecule has 0 fully saturated rings. The first-order chi connectivity index (χ1) is 12.8. The number of nitrogens with zero attached hydrogens (tertiary/aromatic N) is 4. The molecule has 1 amide bonds. The van der Waals surface area contributed by atoms with Gasteiger partial charge in [0.25, 0.3) is 5.91 Å². The van der Waals surface area contributed by atoms with Crippen LogP contribution in [0.3, 0.4) is 0 Å². The number of fused-ring (bicyclic) bond motifs is 1. The Morgan fingerprint density at radius 3 is 2.77 bits per heavy atom. The van der Waals surface area contributed by atoms with Crippen LogP contribution in [-0.4, -0.2) is 32.2 Å². The minimum atomic E-state index is -0.113. The van der Waals surface area contributed by atoms with E-state index in [1.807, 2.05) is 36.4 Å². The monoisotopic (exact) mass is 347 g/mol. The van der Waals surface area contributed by atoms with Crippen molar-refractivity contribution in [2.24, 2.45) is 0 Å². The van der Waals surface area contributed by atoms with Crippen molar-refractivity contribution < 1.29 is 9.21 Å². The first-order valence-corrected chi connectivity index (χ1v) is 8.37. The van der Waals surface area contributed by atoms with Gasteiger partial charge in [0.15, 0.2) is 11.5 Å². The molecule has 2 aromatic heterocycles. The van der Waals surface area contributed by atoms with Crippen LogP contribution in [0.4, 0.5) is 0 Å². The molecule has 7 nitrogen and oxygen atoms in total. The van der Waals surface area contributed by atoms with Crippen molar-refractivity contribution in [2.75, 3.05) is 6.54 Å². The Bertz CT molecular complexity index is 990. The molecule has 0 aliphatic heterocycles. The molecule has 0 saturated heterocycles. The van der Waals surface area contributed by atoms with E-state index in [9.17, 15) is 4.79 Å². The Kier molecular flexibility index (Phi) is 4.42. The fraction of sp³-hybridized carbons (Fsp3) is 0.158. The van der Waals surface area contributed by atoms with E-state index in [-0.39, 0.29) is 5.91 Å². The number of rotatable bonds is 6. The zero-order valence-corrected chi connectivity index (χ0v) is 14.0. The lowest BCUT2D eigenvalue weighted by Crippen LogP contribution is -2.24. The van der Waals surface area contributed by atoms with Gasteiger partial charge in [0, 0.05) is 24.2 Å². The van der Waals surface area contributed by atoms with E-state index in [2.05, 4.69) is 20.5 Å². The lowest BCUT2D eigenvalue weighted by atomic mass is 10.2. The SMILES string of the molecule is O=C(NCCCc1nc2ccccc2o1)c1cccc(-n2cnnc2)c1. The van der Waals surface area contributed by atoms with Crippen LogP contribution in [0.5, 0.6) is 0 Å². The number of hydrogen-bond donors (Lipinski definition) is 1. The van der Waals surface area contributed by atoms with Crippen LogP contribution in [0.1, 0.15) is 22.7 Å². The largest absolute Gasteiger partial charge is 0.441 e. The summed E-state index contributed by atoms with van der Waals surface area (Å²) < 4.78 is 7.43. The summed E-state index contributed by atoms with van der Waals surface area (Å²) in [5.74, 6) is 0.576. The summed E-state index contributed by atoms with van der Waals surface area (Å²) in [6, 6.07) is 15.0. The minimum absolute atomic E-state index is 0.113. The number of oxazole rings is 1. The molecule has 130 valence electrons. The molecule has 0 atom stereocenters. The van der Waals surface area contributed by atoms with Gasteiger partial charge in [-0.25, -0.2) is 4.98 Å². The molecule has 0 aliphatic carbocycles. The Morgan fingerprint density at radius 1 is 1.08 bits per heavy atom. The number of para-hydroxylation sites is 2. The van der Waals surface area contributed by atoms with Crippen LogP contribution >= 0.6 is 0 Å². The third-order valence-electron chi connectivity index (χ3n) is 4.02. The van der Waals surface area contributed by atoms with Crippen LogP contribution in [0.2, 0.25) is 0 Å².